The van der Waals surface area contributed by atoms with E-state index in [1.54, 1.807) is 11.8 Å². The predicted octanol–water partition coefficient (Wildman–Crippen LogP) is 2.38. The van der Waals surface area contributed by atoms with Gasteiger partial charge in [0.05, 0.1) is 17.1 Å². The van der Waals surface area contributed by atoms with Crippen LogP contribution in [-0.2, 0) is 9.59 Å². The van der Waals surface area contributed by atoms with Crippen molar-refractivity contribution in [1.82, 2.24) is 19.8 Å². The fourth-order valence-corrected chi connectivity index (χ4v) is 4.21. The predicted molar refractivity (Wildman–Crippen MR) is 105 cm³/mol. The van der Waals surface area contributed by atoms with Gasteiger partial charge in [-0.25, -0.2) is 4.98 Å². The normalized spacial score (nSPS) is 18.3. The number of carbonyl (C=O) groups is 2. The fourth-order valence-electron chi connectivity index (χ4n) is 3.74. The van der Waals surface area contributed by atoms with Gasteiger partial charge in [0.15, 0.2) is 0 Å². The number of hydrogen-bond acceptors (Lipinski definition) is 4. The fraction of sp³-hybridized carbons (Fsp3) is 0.526. The second kappa shape index (κ2) is 8.12. The number of imidazole rings is 1. The zero-order valence-electron chi connectivity index (χ0n) is 15.6. The number of carbonyl (C=O) groups excluding carboxylic acids is 2. The smallest absolute Gasteiger partial charge is 0.245 e. The van der Waals surface area contributed by atoms with Crippen molar-refractivity contribution in [2.24, 2.45) is 0 Å². The number of nitrogens with one attached hydrogen (secondary N) is 1. The Balaban J connectivity index is 1.75. The van der Waals surface area contributed by atoms with Crippen molar-refractivity contribution in [3.63, 3.8) is 0 Å². The van der Waals surface area contributed by atoms with Gasteiger partial charge in [0, 0.05) is 20.0 Å². The van der Waals surface area contributed by atoms with Crippen LogP contribution in [0.3, 0.4) is 0 Å². The van der Waals surface area contributed by atoms with Gasteiger partial charge in [-0.3, -0.25) is 9.59 Å². The van der Waals surface area contributed by atoms with Crippen LogP contribution in [0.5, 0.6) is 0 Å². The number of rotatable bonds is 6. The van der Waals surface area contributed by atoms with Crippen molar-refractivity contribution in [3.8, 4) is 0 Å². The number of para-hydroxylation sites is 2. The first-order valence-corrected chi connectivity index (χ1v) is 10.4. The molecule has 7 heteroatoms. The molecule has 1 aromatic carbocycles. The molecule has 0 unspecified atom stereocenters. The van der Waals surface area contributed by atoms with Crippen molar-refractivity contribution in [2.75, 3.05) is 25.1 Å². The lowest BCUT2D eigenvalue weighted by Gasteiger charge is -2.24. The minimum absolute atomic E-state index is 0.0267. The minimum atomic E-state index is -0.431. The van der Waals surface area contributed by atoms with Crippen LogP contribution in [0, 0.1) is 6.92 Å². The lowest BCUT2D eigenvalue weighted by atomic mass is 10.2. The Kier molecular flexibility index (Phi) is 5.86. The number of thioether (sulfide) groups is 1. The van der Waals surface area contributed by atoms with Gasteiger partial charge in [-0.05, 0) is 43.9 Å². The van der Waals surface area contributed by atoms with E-state index in [1.165, 1.54) is 6.92 Å². The molecule has 1 saturated heterocycles. The monoisotopic (exact) mass is 374 g/mol. The van der Waals surface area contributed by atoms with Gasteiger partial charge >= 0.3 is 0 Å². The van der Waals surface area contributed by atoms with Crippen LogP contribution in [0.4, 0.5) is 0 Å². The second-order valence-electron chi connectivity index (χ2n) is 6.78. The maximum absolute atomic E-state index is 12.9. The van der Waals surface area contributed by atoms with Crippen LogP contribution >= 0.6 is 11.8 Å². The molecule has 2 atom stereocenters. The summed E-state index contributed by atoms with van der Waals surface area (Å²) in [4.78, 5) is 30.9. The van der Waals surface area contributed by atoms with Crippen molar-refractivity contribution >= 4 is 34.6 Å². The van der Waals surface area contributed by atoms with Gasteiger partial charge in [-0.15, -0.1) is 0 Å². The molecule has 1 aromatic heterocycles. The molecule has 26 heavy (non-hydrogen) atoms. The molecule has 140 valence electrons. The van der Waals surface area contributed by atoms with E-state index in [9.17, 15) is 9.59 Å². The van der Waals surface area contributed by atoms with E-state index in [2.05, 4.69) is 20.9 Å². The van der Waals surface area contributed by atoms with Crippen LogP contribution in [0.15, 0.2) is 24.3 Å². The molecule has 1 aliphatic heterocycles. The van der Waals surface area contributed by atoms with Gasteiger partial charge in [-0.2, -0.15) is 11.8 Å². The molecule has 2 amide bonds. The summed E-state index contributed by atoms with van der Waals surface area (Å²) in [5.41, 5.74) is 2.11. The minimum Gasteiger partial charge on any atom is -0.345 e. The van der Waals surface area contributed by atoms with Crippen LogP contribution < -0.4 is 5.32 Å². The molecule has 0 bridgehead atoms. The molecule has 2 aromatic rings. The van der Waals surface area contributed by atoms with E-state index >= 15 is 0 Å². The first kappa shape index (κ1) is 18.8. The summed E-state index contributed by atoms with van der Waals surface area (Å²) < 4.78 is 2.25. The molecule has 0 aliphatic carbocycles. The topological polar surface area (TPSA) is 67.2 Å². The lowest BCUT2D eigenvalue weighted by molar-refractivity contribution is -0.135. The van der Waals surface area contributed by atoms with Crippen LogP contribution in [-0.4, -0.2) is 57.4 Å². The van der Waals surface area contributed by atoms with E-state index < -0.39 is 6.04 Å². The SMILES string of the molecule is CSCC[C@@H](NC(C)=O)C(=O)N1CC[C@H](n2c(C)nc3ccccc32)C1. The summed E-state index contributed by atoms with van der Waals surface area (Å²) in [6.45, 7) is 4.86. The third-order valence-electron chi connectivity index (χ3n) is 4.90. The quantitative estimate of drug-likeness (QED) is 0.843. The Morgan fingerprint density at radius 3 is 2.88 bits per heavy atom. The highest BCUT2D eigenvalue weighted by atomic mass is 32.2. The summed E-state index contributed by atoms with van der Waals surface area (Å²) in [6.07, 6.45) is 3.57. The van der Waals surface area contributed by atoms with Crippen LogP contribution in [0.2, 0.25) is 0 Å². The van der Waals surface area contributed by atoms with Gasteiger partial charge in [0.1, 0.15) is 11.9 Å². The van der Waals surface area contributed by atoms with Crippen LogP contribution in [0.1, 0.15) is 31.6 Å². The first-order chi connectivity index (χ1) is 12.5. The summed E-state index contributed by atoms with van der Waals surface area (Å²) in [7, 11) is 0. The molecular formula is C19H26N4O2S. The number of likely N-dealkylation sites (tertiary alicyclic amines) is 1. The molecule has 1 N–H and O–H groups in total. The molecule has 1 aliphatic rings. The number of fused-ring (bicyclic) bond motifs is 1. The second-order valence-corrected chi connectivity index (χ2v) is 7.76. The number of aryl methyl sites for hydroxylation is 1. The zero-order chi connectivity index (χ0) is 18.7. The number of aromatic nitrogens is 2. The maximum atomic E-state index is 12.9. The van der Waals surface area contributed by atoms with Gasteiger partial charge in [-0.1, -0.05) is 12.1 Å². The van der Waals surface area contributed by atoms with E-state index in [4.69, 9.17) is 0 Å². The summed E-state index contributed by atoms with van der Waals surface area (Å²) >= 11 is 1.68. The average molecular weight is 375 g/mol. The van der Waals surface area contributed by atoms with E-state index in [0.717, 1.165) is 29.0 Å². The Bertz CT molecular complexity index is 804. The molecular weight excluding hydrogens is 348 g/mol. The molecule has 3 rings (SSSR count). The largest absolute Gasteiger partial charge is 0.345 e. The molecule has 0 saturated carbocycles. The van der Waals surface area contributed by atoms with E-state index in [-0.39, 0.29) is 17.9 Å². The summed E-state index contributed by atoms with van der Waals surface area (Å²) in [5, 5.41) is 2.82. The van der Waals surface area contributed by atoms with Gasteiger partial charge < -0.3 is 14.8 Å². The number of nitrogens with zero attached hydrogens (tertiary/aromatic N) is 3. The number of amides is 2. The molecule has 0 radical (unpaired) electrons. The van der Waals surface area contributed by atoms with Gasteiger partial charge in [0.2, 0.25) is 11.8 Å². The molecule has 6 nitrogen and oxygen atoms in total. The Morgan fingerprint density at radius 1 is 1.38 bits per heavy atom. The highest BCUT2D eigenvalue weighted by Gasteiger charge is 2.32. The highest BCUT2D eigenvalue weighted by Crippen LogP contribution is 2.28. The third-order valence-corrected chi connectivity index (χ3v) is 5.54. The van der Waals surface area contributed by atoms with Crippen LogP contribution in [0.25, 0.3) is 11.0 Å². The van der Waals surface area contributed by atoms with Gasteiger partial charge in [0.25, 0.3) is 0 Å². The Hall–Kier alpha value is -2.02. The first-order valence-electron chi connectivity index (χ1n) is 8.99. The van der Waals surface area contributed by atoms with E-state index in [0.29, 0.717) is 19.5 Å². The Morgan fingerprint density at radius 2 is 2.15 bits per heavy atom. The van der Waals surface area contributed by atoms with E-state index in [1.807, 2.05) is 36.3 Å². The summed E-state index contributed by atoms with van der Waals surface area (Å²) in [5.74, 6) is 1.70. The molecule has 1 fully saturated rings. The lowest BCUT2D eigenvalue weighted by Crippen LogP contribution is -2.47. The third kappa shape index (κ3) is 3.87. The van der Waals surface area contributed by atoms with Crippen molar-refractivity contribution in [1.29, 1.82) is 0 Å². The Labute approximate surface area is 158 Å². The van der Waals surface area contributed by atoms with Crippen molar-refractivity contribution in [2.45, 2.75) is 38.8 Å². The van der Waals surface area contributed by atoms with Crippen molar-refractivity contribution < 1.29 is 9.59 Å². The standard InChI is InChI=1S/C19H26N4O2S/c1-13-20-16-6-4-5-7-18(16)23(13)15-8-10-22(12-15)19(25)17(9-11-26-3)21-14(2)24/h4-7,15,17H,8-12H2,1-3H3,(H,21,24)/t15-,17+/m0/s1. The number of hydrogen-bond donors (Lipinski definition) is 1. The maximum Gasteiger partial charge on any atom is 0.245 e. The zero-order valence-corrected chi connectivity index (χ0v) is 16.4. The highest BCUT2D eigenvalue weighted by molar-refractivity contribution is 7.98. The summed E-state index contributed by atoms with van der Waals surface area (Å²) in [6, 6.07) is 7.91. The number of benzene rings is 1. The molecule has 0 spiro atoms. The molecule has 2 heterocycles. The van der Waals surface area contributed by atoms with Crippen molar-refractivity contribution in [3.05, 3.63) is 30.1 Å². The average Bonchev–Trinajstić information content (AvgIpc) is 3.20.